The highest BCUT2D eigenvalue weighted by molar-refractivity contribution is 5.98. The van der Waals surface area contributed by atoms with Crippen molar-refractivity contribution >= 4 is 28.5 Å². The molecule has 0 bridgehead atoms. The topological polar surface area (TPSA) is 80.5 Å². The maximum atomic E-state index is 14.4. The molecule has 2 atom stereocenters. The summed E-state index contributed by atoms with van der Waals surface area (Å²) in [5.41, 5.74) is 4.07. The molecule has 1 aliphatic heterocycles. The summed E-state index contributed by atoms with van der Waals surface area (Å²) in [7, 11) is 3.97. The minimum Gasteiger partial charge on any atom is -0.361 e. The van der Waals surface area contributed by atoms with Crippen LogP contribution in [0.1, 0.15) is 48.3 Å². The molecule has 7 nitrogen and oxygen atoms in total. The first-order chi connectivity index (χ1) is 20.2. The molecule has 1 fully saturated rings. The largest absolute Gasteiger partial charge is 0.361 e. The van der Waals surface area contributed by atoms with Gasteiger partial charge in [-0.1, -0.05) is 43.3 Å². The second kappa shape index (κ2) is 12.7. The number of halogens is 2. The molecule has 3 N–H and O–H groups in total. The molecule has 3 amide bonds. The third-order valence-corrected chi connectivity index (χ3v) is 8.05. The SMILES string of the molecule is CC(c1c[nH]c2ccccc12)C(NC(=O)N1CCC(c2ccc(F)cc2F)CC1)C(=O)Nc1cccc(CN(C)C)c1. The number of carbonyl (C=O) groups is 2. The van der Waals surface area contributed by atoms with Crippen LogP contribution >= 0.6 is 0 Å². The zero-order chi connectivity index (χ0) is 29.8. The molecule has 0 aliphatic carbocycles. The predicted molar refractivity (Wildman–Crippen MR) is 161 cm³/mol. The van der Waals surface area contributed by atoms with Gasteiger partial charge in [-0.25, -0.2) is 13.6 Å². The Kier molecular flexibility index (Phi) is 8.87. The molecular weight excluding hydrogens is 536 g/mol. The lowest BCUT2D eigenvalue weighted by atomic mass is 9.89. The molecule has 3 aromatic carbocycles. The van der Waals surface area contributed by atoms with E-state index >= 15 is 0 Å². The average Bonchev–Trinajstić information content (AvgIpc) is 3.40. The predicted octanol–water partition coefficient (Wildman–Crippen LogP) is 6.21. The fraction of sp³-hybridized carbons (Fsp3) is 0.333. The number of amides is 3. The highest BCUT2D eigenvalue weighted by atomic mass is 19.1. The van der Waals surface area contributed by atoms with Crippen molar-refractivity contribution in [3.8, 4) is 0 Å². The van der Waals surface area contributed by atoms with E-state index in [-0.39, 0.29) is 23.8 Å². The molecule has 4 aromatic rings. The third-order valence-electron chi connectivity index (χ3n) is 8.05. The maximum Gasteiger partial charge on any atom is 0.318 e. The van der Waals surface area contributed by atoms with Gasteiger partial charge in [-0.2, -0.15) is 0 Å². The average molecular weight is 574 g/mol. The first-order valence-electron chi connectivity index (χ1n) is 14.3. The van der Waals surface area contributed by atoms with Crippen LogP contribution in [0.4, 0.5) is 19.3 Å². The van der Waals surface area contributed by atoms with Crippen molar-refractivity contribution in [1.29, 1.82) is 0 Å². The van der Waals surface area contributed by atoms with E-state index in [1.165, 1.54) is 12.1 Å². The standard InChI is InChI=1S/C33H37F2N5O2/c1-21(28-19-36-30-10-5-4-9-27(28)30)31(32(41)37-25-8-6-7-22(17-25)20-39(2)3)38-33(42)40-15-13-23(14-16-40)26-12-11-24(34)18-29(26)35/h4-12,17-19,21,23,31,36H,13-16,20H2,1-3H3,(H,37,41)(H,38,42). The molecule has 1 aliphatic rings. The summed E-state index contributed by atoms with van der Waals surface area (Å²) < 4.78 is 27.8. The molecule has 0 spiro atoms. The maximum absolute atomic E-state index is 14.4. The molecule has 220 valence electrons. The van der Waals surface area contributed by atoms with Gasteiger partial charge in [-0.3, -0.25) is 4.79 Å². The quantitative estimate of drug-likeness (QED) is 0.235. The number of urea groups is 1. The van der Waals surface area contributed by atoms with E-state index in [2.05, 4.69) is 20.5 Å². The third kappa shape index (κ3) is 6.62. The summed E-state index contributed by atoms with van der Waals surface area (Å²) in [4.78, 5) is 34.3. The first kappa shape index (κ1) is 29.3. The Morgan fingerprint density at radius 2 is 1.79 bits per heavy atom. The lowest BCUT2D eigenvalue weighted by Gasteiger charge is -2.34. The number of hydrogen-bond acceptors (Lipinski definition) is 3. The van der Waals surface area contributed by atoms with Gasteiger partial charge in [0.25, 0.3) is 0 Å². The van der Waals surface area contributed by atoms with Crippen molar-refractivity contribution < 1.29 is 18.4 Å². The summed E-state index contributed by atoms with van der Waals surface area (Å²) in [5.74, 6) is -1.93. The van der Waals surface area contributed by atoms with Gasteiger partial charge in [-0.15, -0.1) is 0 Å². The van der Waals surface area contributed by atoms with Crippen LogP contribution in [0.5, 0.6) is 0 Å². The number of aromatic amines is 1. The molecule has 42 heavy (non-hydrogen) atoms. The summed E-state index contributed by atoms with van der Waals surface area (Å²) in [6.07, 6.45) is 2.98. The van der Waals surface area contributed by atoms with E-state index in [0.29, 0.717) is 37.2 Å². The molecule has 0 saturated carbocycles. The highest BCUT2D eigenvalue weighted by Gasteiger charge is 2.33. The van der Waals surface area contributed by atoms with Crippen molar-refractivity contribution in [2.45, 2.75) is 44.2 Å². The van der Waals surface area contributed by atoms with Crippen molar-refractivity contribution in [2.24, 2.45) is 0 Å². The van der Waals surface area contributed by atoms with Crippen LogP contribution in [0.2, 0.25) is 0 Å². The lowest BCUT2D eigenvalue weighted by molar-refractivity contribution is -0.118. The zero-order valence-electron chi connectivity index (χ0n) is 24.2. The van der Waals surface area contributed by atoms with Crippen LogP contribution in [-0.2, 0) is 11.3 Å². The van der Waals surface area contributed by atoms with Crippen molar-refractivity contribution in [3.05, 3.63) is 101 Å². The van der Waals surface area contributed by atoms with Crippen molar-refractivity contribution in [1.82, 2.24) is 20.1 Å². The normalized spacial score (nSPS) is 15.5. The minimum atomic E-state index is -0.860. The molecule has 0 radical (unpaired) electrons. The minimum absolute atomic E-state index is 0.103. The number of likely N-dealkylation sites (tertiary alicyclic amines) is 1. The number of fused-ring (bicyclic) bond motifs is 1. The van der Waals surface area contributed by atoms with Crippen LogP contribution in [-0.4, -0.2) is 59.9 Å². The second-order valence-electron chi connectivity index (χ2n) is 11.4. The molecule has 9 heteroatoms. The highest BCUT2D eigenvalue weighted by Crippen LogP contribution is 2.31. The van der Waals surface area contributed by atoms with E-state index < -0.39 is 17.7 Å². The number of nitrogens with zero attached hydrogens (tertiary/aromatic N) is 2. The van der Waals surface area contributed by atoms with Gasteiger partial charge in [0.15, 0.2) is 0 Å². The smallest absolute Gasteiger partial charge is 0.318 e. The summed E-state index contributed by atoms with van der Waals surface area (Å²) in [6.45, 7) is 3.46. The fourth-order valence-electron chi connectivity index (χ4n) is 5.85. The fourth-order valence-corrected chi connectivity index (χ4v) is 5.85. The van der Waals surface area contributed by atoms with Crippen molar-refractivity contribution in [3.63, 3.8) is 0 Å². The number of rotatable bonds is 8. The number of anilines is 1. The van der Waals surface area contributed by atoms with E-state index in [4.69, 9.17) is 0 Å². The van der Waals surface area contributed by atoms with Gasteiger partial charge < -0.3 is 25.4 Å². The number of benzene rings is 3. The number of piperidine rings is 1. The summed E-state index contributed by atoms with van der Waals surface area (Å²) in [6, 6.07) is 18.0. The molecule has 2 heterocycles. The summed E-state index contributed by atoms with van der Waals surface area (Å²) >= 11 is 0. The van der Waals surface area contributed by atoms with Crippen LogP contribution in [0, 0.1) is 11.6 Å². The number of hydrogen-bond donors (Lipinski definition) is 3. The second-order valence-corrected chi connectivity index (χ2v) is 11.4. The van der Waals surface area contributed by atoms with Gasteiger partial charge in [0.2, 0.25) is 5.91 Å². The first-order valence-corrected chi connectivity index (χ1v) is 14.3. The summed E-state index contributed by atoms with van der Waals surface area (Å²) in [5, 5.41) is 7.02. The Balaban J connectivity index is 1.33. The Morgan fingerprint density at radius 3 is 2.52 bits per heavy atom. The zero-order valence-corrected chi connectivity index (χ0v) is 24.2. The van der Waals surface area contributed by atoms with Gasteiger partial charge in [-0.05, 0) is 73.8 Å². The van der Waals surface area contributed by atoms with Crippen LogP contribution in [0.3, 0.4) is 0 Å². The number of H-pyrrole nitrogens is 1. The number of carbonyl (C=O) groups excluding carboxylic acids is 2. The van der Waals surface area contributed by atoms with E-state index in [9.17, 15) is 18.4 Å². The molecule has 1 saturated heterocycles. The Labute approximate surface area is 244 Å². The van der Waals surface area contributed by atoms with Crippen LogP contribution in [0.15, 0.2) is 72.9 Å². The van der Waals surface area contributed by atoms with Gasteiger partial charge in [0, 0.05) is 54.4 Å². The van der Waals surface area contributed by atoms with Crippen LogP contribution < -0.4 is 10.6 Å². The Bertz CT molecular complexity index is 1560. The molecular formula is C33H37F2N5O2. The lowest BCUT2D eigenvalue weighted by Crippen LogP contribution is -2.53. The van der Waals surface area contributed by atoms with Crippen molar-refractivity contribution in [2.75, 3.05) is 32.5 Å². The van der Waals surface area contributed by atoms with E-state index in [1.54, 1.807) is 4.90 Å². The monoisotopic (exact) mass is 573 g/mol. The van der Waals surface area contributed by atoms with Gasteiger partial charge in [0.05, 0.1) is 0 Å². The molecule has 1 aromatic heterocycles. The van der Waals surface area contributed by atoms with E-state index in [0.717, 1.165) is 34.6 Å². The Morgan fingerprint density at radius 1 is 1.02 bits per heavy atom. The van der Waals surface area contributed by atoms with Gasteiger partial charge in [0.1, 0.15) is 17.7 Å². The Hall–Kier alpha value is -4.24. The molecule has 5 rings (SSSR count). The van der Waals surface area contributed by atoms with Crippen LogP contribution in [0.25, 0.3) is 10.9 Å². The van der Waals surface area contributed by atoms with E-state index in [1.807, 2.05) is 75.7 Å². The molecule has 2 unspecified atom stereocenters. The number of nitrogens with one attached hydrogen (secondary N) is 3. The van der Waals surface area contributed by atoms with Gasteiger partial charge >= 0.3 is 6.03 Å². The number of aromatic nitrogens is 1. The number of para-hydroxylation sites is 1.